The second-order valence-electron chi connectivity index (χ2n) is 4.47. The summed E-state index contributed by atoms with van der Waals surface area (Å²) in [5.41, 5.74) is 8.41. The van der Waals surface area contributed by atoms with Crippen molar-refractivity contribution in [1.82, 2.24) is 0 Å². The normalized spacial score (nSPS) is 11.4. The van der Waals surface area contributed by atoms with E-state index < -0.39 is 0 Å². The zero-order valence-corrected chi connectivity index (χ0v) is 13.5. The third-order valence-electron chi connectivity index (χ3n) is 2.79. The molecule has 0 aliphatic heterocycles. The van der Waals surface area contributed by atoms with Gasteiger partial charge in [0.25, 0.3) is 0 Å². The maximum absolute atomic E-state index is 9.62. The number of phenols is 1. The first kappa shape index (κ1) is 15.6. The summed E-state index contributed by atoms with van der Waals surface area (Å²) < 4.78 is 0.589. The van der Waals surface area contributed by atoms with Crippen LogP contribution in [0.4, 0.5) is 0 Å². The molecule has 0 amide bonds. The van der Waals surface area contributed by atoms with Gasteiger partial charge in [-0.25, -0.2) is 0 Å². The van der Waals surface area contributed by atoms with Gasteiger partial charge in [0.2, 0.25) is 0 Å². The van der Waals surface area contributed by atoms with Gasteiger partial charge in [0.05, 0.1) is 16.7 Å². The van der Waals surface area contributed by atoms with Crippen LogP contribution >= 0.6 is 27.5 Å². The van der Waals surface area contributed by atoms with Crippen molar-refractivity contribution in [3.63, 3.8) is 0 Å². The van der Waals surface area contributed by atoms with Crippen molar-refractivity contribution in [3.05, 3.63) is 75.4 Å². The molecular weight excluding hydrogens is 352 g/mol. The predicted octanol–water partition coefficient (Wildman–Crippen LogP) is 4.12. The highest BCUT2D eigenvalue weighted by Crippen LogP contribution is 2.27. The molecule has 0 aliphatic carbocycles. The van der Waals surface area contributed by atoms with Crippen molar-refractivity contribution < 1.29 is 5.11 Å². The molecule has 108 valence electrons. The van der Waals surface area contributed by atoms with Crippen LogP contribution in [-0.2, 0) is 0 Å². The smallest absolute Gasteiger partial charge is 0.129 e. The van der Waals surface area contributed by atoms with Gasteiger partial charge in [-0.05, 0) is 40.2 Å². The molecule has 0 aliphatic rings. The average molecular weight is 366 g/mol. The quantitative estimate of drug-likeness (QED) is 0.801. The Hall–Kier alpha value is -1.78. The number of rotatable bonds is 4. The van der Waals surface area contributed by atoms with Crippen LogP contribution in [0.15, 0.2) is 64.2 Å². The number of phenolic OH excluding ortho intramolecular Hbond substituents is 1. The monoisotopic (exact) mass is 364 g/mol. The van der Waals surface area contributed by atoms with Gasteiger partial charge in [0.15, 0.2) is 0 Å². The van der Waals surface area contributed by atoms with E-state index in [4.69, 9.17) is 17.3 Å². The molecule has 21 heavy (non-hydrogen) atoms. The lowest BCUT2D eigenvalue weighted by molar-refractivity contribution is 0.472. The SMILES string of the molecule is C=C(N)CN=C(c1ccc(O)c(Br)c1)c1ccccc1Cl. The molecule has 2 aromatic rings. The van der Waals surface area contributed by atoms with E-state index in [-0.39, 0.29) is 5.75 Å². The van der Waals surface area contributed by atoms with Crippen molar-refractivity contribution in [2.45, 2.75) is 0 Å². The van der Waals surface area contributed by atoms with Crippen LogP contribution in [-0.4, -0.2) is 17.4 Å². The third-order valence-corrected chi connectivity index (χ3v) is 3.76. The number of hydrogen-bond donors (Lipinski definition) is 2. The van der Waals surface area contributed by atoms with E-state index in [1.165, 1.54) is 0 Å². The molecule has 0 fully saturated rings. The van der Waals surface area contributed by atoms with Crippen LogP contribution in [0.25, 0.3) is 0 Å². The van der Waals surface area contributed by atoms with Crippen LogP contribution in [0.3, 0.4) is 0 Å². The molecule has 0 heterocycles. The minimum absolute atomic E-state index is 0.167. The fourth-order valence-electron chi connectivity index (χ4n) is 1.82. The first-order valence-corrected chi connectivity index (χ1v) is 7.37. The summed E-state index contributed by atoms with van der Waals surface area (Å²) in [5.74, 6) is 0.167. The highest BCUT2D eigenvalue weighted by molar-refractivity contribution is 9.10. The second kappa shape index (κ2) is 6.78. The van der Waals surface area contributed by atoms with E-state index in [9.17, 15) is 5.11 Å². The Morgan fingerprint density at radius 3 is 2.62 bits per heavy atom. The number of halogens is 2. The van der Waals surface area contributed by atoms with E-state index in [0.29, 0.717) is 27.4 Å². The van der Waals surface area contributed by atoms with Gasteiger partial charge in [-0.1, -0.05) is 36.4 Å². The number of hydrogen-bond acceptors (Lipinski definition) is 3. The number of aliphatic imine (C=N–C) groups is 1. The summed E-state index contributed by atoms with van der Waals surface area (Å²) in [6.45, 7) is 3.96. The van der Waals surface area contributed by atoms with E-state index in [0.717, 1.165) is 11.1 Å². The predicted molar refractivity (Wildman–Crippen MR) is 91.1 cm³/mol. The molecule has 3 nitrogen and oxygen atoms in total. The highest BCUT2D eigenvalue weighted by Gasteiger charge is 2.12. The van der Waals surface area contributed by atoms with Gasteiger partial charge in [0, 0.05) is 21.8 Å². The molecule has 3 N–H and O–H groups in total. The molecule has 0 bridgehead atoms. The molecule has 2 rings (SSSR count). The van der Waals surface area contributed by atoms with Gasteiger partial charge in [-0.2, -0.15) is 0 Å². The number of nitrogens with zero attached hydrogens (tertiary/aromatic N) is 1. The third kappa shape index (κ3) is 3.86. The first-order valence-electron chi connectivity index (χ1n) is 6.20. The molecule has 0 saturated heterocycles. The van der Waals surface area contributed by atoms with Crippen molar-refractivity contribution in [2.24, 2.45) is 10.7 Å². The number of nitrogens with two attached hydrogens (primary N) is 1. The first-order chi connectivity index (χ1) is 9.99. The van der Waals surface area contributed by atoms with Gasteiger partial charge >= 0.3 is 0 Å². The molecular formula is C16H14BrClN2O. The zero-order chi connectivity index (χ0) is 15.4. The molecule has 0 radical (unpaired) electrons. The molecule has 0 saturated carbocycles. The topological polar surface area (TPSA) is 58.6 Å². The van der Waals surface area contributed by atoms with Crippen molar-refractivity contribution >= 4 is 33.2 Å². The number of benzene rings is 2. The summed E-state index contributed by atoms with van der Waals surface area (Å²) in [7, 11) is 0. The Labute approximate surface area is 136 Å². The van der Waals surface area contributed by atoms with Gasteiger partial charge in [-0.15, -0.1) is 0 Å². The highest BCUT2D eigenvalue weighted by atomic mass is 79.9. The van der Waals surface area contributed by atoms with Crippen LogP contribution in [0.2, 0.25) is 5.02 Å². The maximum Gasteiger partial charge on any atom is 0.129 e. The largest absolute Gasteiger partial charge is 0.507 e. The second-order valence-corrected chi connectivity index (χ2v) is 5.73. The standard InChI is InChI=1S/C16H14BrClN2O/c1-10(19)9-20-16(12-4-2-3-5-14(12)18)11-6-7-15(21)13(17)8-11/h2-8,21H,1,9,19H2. The van der Waals surface area contributed by atoms with Gasteiger partial charge in [-0.3, -0.25) is 4.99 Å². The minimum atomic E-state index is 0.167. The van der Waals surface area contributed by atoms with Crippen LogP contribution < -0.4 is 5.73 Å². The zero-order valence-electron chi connectivity index (χ0n) is 11.2. The van der Waals surface area contributed by atoms with Crippen molar-refractivity contribution in [3.8, 4) is 5.75 Å². The Kier molecular flexibility index (Phi) is 5.04. The van der Waals surface area contributed by atoms with Crippen molar-refractivity contribution in [2.75, 3.05) is 6.54 Å². The molecule has 5 heteroatoms. The van der Waals surface area contributed by atoms with Crippen molar-refractivity contribution in [1.29, 1.82) is 0 Å². The Bertz CT molecular complexity index is 713. The van der Waals surface area contributed by atoms with E-state index in [1.54, 1.807) is 24.3 Å². The summed E-state index contributed by atoms with van der Waals surface area (Å²) in [5, 5.41) is 10.2. The lowest BCUT2D eigenvalue weighted by Crippen LogP contribution is -2.08. The average Bonchev–Trinajstić information content (AvgIpc) is 2.44. The summed E-state index contributed by atoms with van der Waals surface area (Å²) in [6.07, 6.45) is 0. The Morgan fingerprint density at radius 1 is 1.29 bits per heavy atom. The van der Waals surface area contributed by atoms with E-state index in [2.05, 4.69) is 27.5 Å². The molecule has 0 aromatic heterocycles. The van der Waals surface area contributed by atoms with Gasteiger partial charge in [0.1, 0.15) is 5.75 Å². The minimum Gasteiger partial charge on any atom is -0.507 e. The van der Waals surface area contributed by atoms with E-state index >= 15 is 0 Å². The maximum atomic E-state index is 9.62. The van der Waals surface area contributed by atoms with Crippen LogP contribution in [0, 0.1) is 0 Å². The summed E-state index contributed by atoms with van der Waals surface area (Å²) in [6, 6.07) is 12.6. The van der Waals surface area contributed by atoms with Gasteiger partial charge < -0.3 is 10.8 Å². The van der Waals surface area contributed by atoms with Crippen LogP contribution in [0.5, 0.6) is 5.75 Å². The lowest BCUT2D eigenvalue weighted by Gasteiger charge is -2.10. The Morgan fingerprint density at radius 2 is 2.00 bits per heavy atom. The summed E-state index contributed by atoms with van der Waals surface area (Å²) in [4.78, 5) is 4.50. The summed E-state index contributed by atoms with van der Waals surface area (Å²) >= 11 is 9.56. The molecule has 2 aromatic carbocycles. The lowest BCUT2D eigenvalue weighted by atomic mass is 10.0. The Balaban J connectivity index is 2.56. The molecule has 0 spiro atoms. The fourth-order valence-corrected chi connectivity index (χ4v) is 2.42. The van der Waals surface area contributed by atoms with E-state index in [1.807, 2.05) is 18.2 Å². The fraction of sp³-hybridized carbons (Fsp3) is 0.0625. The van der Waals surface area contributed by atoms with Crippen LogP contribution in [0.1, 0.15) is 11.1 Å². The molecule has 0 atom stereocenters. The molecule has 0 unspecified atom stereocenters. The number of aromatic hydroxyl groups is 1.